The Hall–Kier alpha value is -2.94. The van der Waals surface area contributed by atoms with E-state index < -0.39 is 0 Å². The van der Waals surface area contributed by atoms with Gasteiger partial charge in [-0.05, 0) is 127 Å². The van der Waals surface area contributed by atoms with Gasteiger partial charge in [0.2, 0.25) is 0 Å². The van der Waals surface area contributed by atoms with E-state index >= 15 is 0 Å². The lowest BCUT2D eigenvalue weighted by Gasteiger charge is -2.26. The minimum absolute atomic E-state index is 0.847. The summed E-state index contributed by atoms with van der Waals surface area (Å²) in [6.45, 7) is 33.8. The number of terminal acetylenes is 1. The highest BCUT2D eigenvalue weighted by atomic mass is 15.1. The van der Waals surface area contributed by atoms with Gasteiger partial charge in [-0.25, -0.2) is 4.98 Å². The van der Waals surface area contributed by atoms with Gasteiger partial charge in [0.15, 0.2) is 0 Å². The number of allylic oxidation sites excluding steroid dienone is 5. The molecular weight excluding hydrogens is 635 g/mol. The molecule has 5 nitrogen and oxygen atoms in total. The van der Waals surface area contributed by atoms with Crippen LogP contribution in [0, 0.1) is 18.3 Å². The van der Waals surface area contributed by atoms with E-state index in [4.69, 9.17) is 11.4 Å². The number of aromatic nitrogens is 2. The second-order valence-electron chi connectivity index (χ2n) is 13.2. The molecule has 52 heavy (non-hydrogen) atoms. The van der Waals surface area contributed by atoms with Crippen molar-refractivity contribution in [3.8, 4) is 12.3 Å². The molecule has 2 aromatic rings. The van der Waals surface area contributed by atoms with Crippen LogP contribution in [0.2, 0.25) is 0 Å². The molecule has 0 bridgehead atoms. The van der Waals surface area contributed by atoms with Crippen LogP contribution in [0.5, 0.6) is 0 Å². The van der Waals surface area contributed by atoms with Crippen LogP contribution in [0.3, 0.4) is 0 Å². The van der Waals surface area contributed by atoms with Crippen molar-refractivity contribution >= 4 is 22.2 Å². The van der Waals surface area contributed by atoms with Gasteiger partial charge in [0.05, 0.1) is 11.2 Å². The number of piperidine rings is 2. The molecular formula is C47H83N5. The average Bonchev–Trinajstić information content (AvgIpc) is 3.20. The quantitative estimate of drug-likeness (QED) is 0.146. The largest absolute Gasteiger partial charge is 0.384 e. The summed E-state index contributed by atoms with van der Waals surface area (Å²) in [7, 11) is 0. The molecule has 0 aromatic carbocycles. The fraction of sp³-hybridized carbons (Fsp3) is 0.660. The van der Waals surface area contributed by atoms with Crippen molar-refractivity contribution in [2.24, 2.45) is 5.92 Å². The first-order chi connectivity index (χ1) is 25.4. The molecule has 2 fully saturated rings. The second kappa shape index (κ2) is 36.4. The van der Waals surface area contributed by atoms with Gasteiger partial charge in [0.25, 0.3) is 0 Å². The van der Waals surface area contributed by atoms with Crippen LogP contribution in [-0.4, -0.2) is 54.1 Å². The molecule has 2 aliphatic heterocycles. The molecule has 296 valence electrons. The fourth-order valence-corrected chi connectivity index (χ4v) is 5.77. The number of anilines is 1. The summed E-state index contributed by atoms with van der Waals surface area (Å²) in [5.41, 5.74) is 7.45. The van der Waals surface area contributed by atoms with Crippen molar-refractivity contribution in [1.29, 1.82) is 0 Å². The summed E-state index contributed by atoms with van der Waals surface area (Å²) in [6, 6.07) is 4.26. The highest BCUT2D eigenvalue weighted by molar-refractivity contribution is 5.92. The SMILES string of the molecule is C#CCC.C=C(C)CCCC1=CC=C(c2cc(NCCCN3CCCCC3)c3cnccc3n2)CC1.CC.CC.CC.CC1CCNCC1.CCC. The average molecular weight is 718 g/mol. The molecule has 0 unspecified atom stereocenters. The number of pyridine rings is 2. The summed E-state index contributed by atoms with van der Waals surface area (Å²) >= 11 is 0. The fourth-order valence-electron chi connectivity index (χ4n) is 5.77. The van der Waals surface area contributed by atoms with E-state index in [-0.39, 0.29) is 0 Å². The maximum Gasteiger partial charge on any atom is 0.0761 e. The predicted octanol–water partition coefficient (Wildman–Crippen LogP) is 13.3. The van der Waals surface area contributed by atoms with Crippen LogP contribution in [0.25, 0.3) is 16.5 Å². The third kappa shape index (κ3) is 24.3. The van der Waals surface area contributed by atoms with E-state index in [0.29, 0.717) is 0 Å². The summed E-state index contributed by atoms with van der Waals surface area (Å²) in [5.74, 6) is 3.40. The lowest BCUT2D eigenvalue weighted by Crippen LogP contribution is -2.31. The van der Waals surface area contributed by atoms with Crippen molar-refractivity contribution in [3.63, 3.8) is 0 Å². The zero-order chi connectivity index (χ0) is 39.4. The van der Waals surface area contributed by atoms with Crippen LogP contribution in [0.4, 0.5) is 5.69 Å². The normalized spacial score (nSPS) is 15.0. The van der Waals surface area contributed by atoms with E-state index in [2.05, 4.69) is 78.9 Å². The van der Waals surface area contributed by atoms with Gasteiger partial charge in [-0.15, -0.1) is 18.9 Å². The Bertz CT molecular complexity index is 1230. The number of fused-ring (bicyclic) bond motifs is 1. The molecule has 0 atom stereocenters. The molecule has 5 heteroatoms. The molecule has 4 heterocycles. The Morgan fingerprint density at radius 1 is 0.981 bits per heavy atom. The van der Waals surface area contributed by atoms with Gasteiger partial charge < -0.3 is 15.5 Å². The lowest BCUT2D eigenvalue weighted by molar-refractivity contribution is 0.228. The van der Waals surface area contributed by atoms with Gasteiger partial charge in [-0.3, -0.25) is 4.98 Å². The Kier molecular flexibility index (Phi) is 35.8. The van der Waals surface area contributed by atoms with Crippen molar-refractivity contribution in [1.82, 2.24) is 20.2 Å². The van der Waals surface area contributed by atoms with Crippen molar-refractivity contribution in [2.45, 2.75) is 160 Å². The first-order valence-electron chi connectivity index (χ1n) is 21.3. The summed E-state index contributed by atoms with van der Waals surface area (Å²) in [6.07, 6.45) is 29.0. The third-order valence-electron chi connectivity index (χ3n) is 8.52. The molecule has 0 amide bonds. The zero-order valence-corrected chi connectivity index (χ0v) is 36.1. The van der Waals surface area contributed by atoms with Crippen molar-refractivity contribution in [2.75, 3.05) is 44.6 Å². The van der Waals surface area contributed by atoms with Crippen molar-refractivity contribution in [3.05, 3.63) is 60.1 Å². The van der Waals surface area contributed by atoms with Crippen LogP contribution >= 0.6 is 0 Å². The van der Waals surface area contributed by atoms with E-state index in [0.717, 1.165) is 60.4 Å². The van der Waals surface area contributed by atoms with E-state index in [1.807, 2.05) is 66.9 Å². The molecule has 1 aliphatic carbocycles. The summed E-state index contributed by atoms with van der Waals surface area (Å²) in [4.78, 5) is 11.9. The summed E-state index contributed by atoms with van der Waals surface area (Å²) in [5, 5.41) is 8.12. The monoisotopic (exact) mass is 718 g/mol. The highest BCUT2D eigenvalue weighted by Crippen LogP contribution is 2.32. The molecule has 0 radical (unpaired) electrons. The molecule has 5 rings (SSSR count). The van der Waals surface area contributed by atoms with Crippen LogP contribution < -0.4 is 10.6 Å². The first-order valence-corrected chi connectivity index (χ1v) is 21.3. The Labute approximate surface area is 324 Å². The molecule has 2 aromatic heterocycles. The Morgan fingerprint density at radius 2 is 1.62 bits per heavy atom. The number of rotatable bonds is 10. The standard InChI is InChI=1S/C28H38N4.C6H13N.C4H6.C3H8.3C2H6/c1-22(2)8-6-9-23-10-12-24(13-11-23)27-20-28(25-21-29-16-14-26(25)31-27)30-15-7-19-32-17-4-3-5-18-32;1-6-2-4-7-5-3-6;1-3-4-2;1-3-2;3*1-2/h10,12,14,16,20-21H,1,3-9,11,13,15,17-19H2,2H3,(H,30,31);6-7H,2-5H2,1H3;1H,4H2,2H3;3H2,1-2H3;3*1-2H3. The topological polar surface area (TPSA) is 53.1 Å². The van der Waals surface area contributed by atoms with Gasteiger partial charge in [-0.1, -0.05) is 105 Å². The zero-order valence-electron chi connectivity index (χ0n) is 36.1. The van der Waals surface area contributed by atoms with E-state index in [9.17, 15) is 0 Å². The van der Waals surface area contributed by atoms with Gasteiger partial charge in [0.1, 0.15) is 0 Å². The predicted molar refractivity (Wildman–Crippen MR) is 237 cm³/mol. The number of nitrogens with zero attached hydrogens (tertiary/aromatic N) is 3. The Morgan fingerprint density at radius 3 is 2.13 bits per heavy atom. The van der Waals surface area contributed by atoms with E-state index in [1.54, 1.807) is 5.57 Å². The van der Waals surface area contributed by atoms with Gasteiger partial charge in [0, 0.05) is 36.4 Å². The number of hydrogen-bond acceptors (Lipinski definition) is 5. The molecule has 0 spiro atoms. The van der Waals surface area contributed by atoms with Gasteiger partial charge in [-0.2, -0.15) is 0 Å². The maximum absolute atomic E-state index is 4.97. The maximum atomic E-state index is 4.97. The molecule has 3 aliphatic rings. The number of nitrogens with one attached hydrogen (secondary N) is 2. The third-order valence-corrected chi connectivity index (χ3v) is 8.52. The molecule has 0 saturated carbocycles. The highest BCUT2D eigenvalue weighted by Gasteiger charge is 2.14. The minimum Gasteiger partial charge on any atom is -0.384 e. The molecule has 2 saturated heterocycles. The second-order valence-corrected chi connectivity index (χ2v) is 13.2. The van der Waals surface area contributed by atoms with Crippen LogP contribution in [-0.2, 0) is 0 Å². The minimum atomic E-state index is 0.847. The Balaban J connectivity index is 0. The van der Waals surface area contributed by atoms with Crippen molar-refractivity contribution < 1.29 is 0 Å². The summed E-state index contributed by atoms with van der Waals surface area (Å²) < 4.78 is 0. The number of likely N-dealkylation sites (tertiary alicyclic amines) is 1. The van der Waals surface area contributed by atoms with E-state index in [1.165, 1.54) is 102 Å². The lowest BCUT2D eigenvalue weighted by atomic mass is 9.92. The molecule has 2 N–H and O–H groups in total. The van der Waals surface area contributed by atoms with Gasteiger partial charge >= 0.3 is 0 Å². The van der Waals surface area contributed by atoms with Crippen LogP contribution in [0.1, 0.15) is 165 Å². The first kappa shape index (κ1) is 51.2. The smallest absolute Gasteiger partial charge is 0.0761 e. The van der Waals surface area contributed by atoms with Crippen LogP contribution in [0.15, 0.2) is 54.4 Å². The number of hydrogen-bond donors (Lipinski definition) is 2.